The first kappa shape index (κ1) is 16.6. The summed E-state index contributed by atoms with van der Waals surface area (Å²) in [6, 6.07) is 8.89. The maximum Gasteiger partial charge on any atom is 0.0700 e. The van der Waals surface area contributed by atoms with Gasteiger partial charge in [-0.25, -0.2) is 0 Å². The lowest BCUT2D eigenvalue weighted by Crippen LogP contribution is -2.23. The van der Waals surface area contributed by atoms with Gasteiger partial charge in [-0.05, 0) is 37.1 Å². The zero-order valence-electron chi connectivity index (χ0n) is 11.8. The summed E-state index contributed by atoms with van der Waals surface area (Å²) < 4.78 is 11.5. The van der Waals surface area contributed by atoms with E-state index in [2.05, 4.69) is 52.4 Å². The van der Waals surface area contributed by atoms with Gasteiger partial charge in [0.2, 0.25) is 0 Å². The van der Waals surface area contributed by atoms with Crippen molar-refractivity contribution in [1.29, 1.82) is 0 Å². The number of halogens is 1. The highest BCUT2D eigenvalue weighted by Gasteiger charge is 2.08. The minimum Gasteiger partial charge on any atom is -0.382 e. The normalized spacial score (nSPS) is 12.6. The largest absolute Gasteiger partial charge is 0.382 e. The summed E-state index contributed by atoms with van der Waals surface area (Å²) in [6.07, 6.45) is 2.11. The van der Waals surface area contributed by atoms with Gasteiger partial charge in [0.25, 0.3) is 0 Å². The molecule has 1 aromatic carbocycles. The minimum absolute atomic E-state index is 0.413. The molecule has 1 atom stereocenters. The molecule has 0 aliphatic carbocycles. The Morgan fingerprint density at radius 2 is 2.11 bits per heavy atom. The molecule has 0 bridgehead atoms. The van der Waals surface area contributed by atoms with E-state index in [4.69, 9.17) is 9.47 Å². The Bertz CT molecular complexity index is 347. The second kappa shape index (κ2) is 10.4. The van der Waals surface area contributed by atoms with Gasteiger partial charge in [-0.15, -0.1) is 0 Å². The van der Waals surface area contributed by atoms with Gasteiger partial charge in [0, 0.05) is 24.2 Å². The number of ether oxygens (including phenoxy) is 2. The first-order valence-corrected chi connectivity index (χ1v) is 7.62. The van der Waals surface area contributed by atoms with E-state index in [1.165, 1.54) is 5.56 Å². The number of nitrogens with one attached hydrogen (secondary N) is 1. The SMILES string of the molecule is CCC(NCCCOCCOC)c1cccc(Br)c1. The molecule has 0 radical (unpaired) electrons. The van der Waals surface area contributed by atoms with Crippen molar-refractivity contribution in [3.05, 3.63) is 34.3 Å². The van der Waals surface area contributed by atoms with Gasteiger partial charge in [0.05, 0.1) is 13.2 Å². The monoisotopic (exact) mass is 329 g/mol. The van der Waals surface area contributed by atoms with Gasteiger partial charge < -0.3 is 14.8 Å². The molecule has 1 unspecified atom stereocenters. The molecule has 19 heavy (non-hydrogen) atoms. The molecule has 3 nitrogen and oxygen atoms in total. The molecule has 0 saturated heterocycles. The molecule has 1 aromatic rings. The molecular formula is C15H24BrNO2. The predicted molar refractivity (Wildman–Crippen MR) is 82.5 cm³/mol. The molecule has 1 rings (SSSR count). The fourth-order valence-corrected chi connectivity index (χ4v) is 2.33. The minimum atomic E-state index is 0.413. The Morgan fingerprint density at radius 3 is 2.79 bits per heavy atom. The van der Waals surface area contributed by atoms with Crippen molar-refractivity contribution < 1.29 is 9.47 Å². The average Bonchev–Trinajstić information content (AvgIpc) is 2.42. The fraction of sp³-hybridized carbons (Fsp3) is 0.600. The number of hydrogen-bond donors (Lipinski definition) is 1. The summed E-state index contributed by atoms with van der Waals surface area (Å²) in [7, 11) is 1.69. The van der Waals surface area contributed by atoms with Gasteiger partial charge in [-0.2, -0.15) is 0 Å². The van der Waals surface area contributed by atoms with E-state index >= 15 is 0 Å². The van der Waals surface area contributed by atoms with Crippen molar-refractivity contribution in [1.82, 2.24) is 5.32 Å². The second-order valence-corrected chi connectivity index (χ2v) is 5.34. The third-order valence-corrected chi connectivity index (χ3v) is 3.44. The molecule has 0 fully saturated rings. The number of benzene rings is 1. The molecule has 1 N–H and O–H groups in total. The third kappa shape index (κ3) is 7.06. The quantitative estimate of drug-likeness (QED) is 0.666. The molecule has 0 saturated carbocycles. The van der Waals surface area contributed by atoms with Crippen molar-refractivity contribution in [2.45, 2.75) is 25.8 Å². The van der Waals surface area contributed by atoms with Crippen LogP contribution in [-0.2, 0) is 9.47 Å². The van der Waals surface area contributed by atoms with Crippen LogP contribution < -0.4 is 5.32 Å². The summed E-state index contributed by atoms with van der Waals surface area (Å²) in [4.78, 5) is 0. The lowest BCUT2D eigenvalue weighted by atomic mass is 10.0. The van der Waals surface area contributed by atoms with E-state index in [1.807, 2.05) is 0 Å². The van der Waals surface area contributed by atoms with Gasteiger partial charge >= 0.3 is 0 Å². The van der Waals surface area contributed by atoms with Crippen LogP contribution in [0.1, 0.15) is 31.4 Å². The van der Waals surface area contributed by atoms with Crippen LogP contribution in [0.4, 0.5) is 0 Å². The highest BCUT2D eigenvalue weighted by molar-refractivity contribution is 9.10. The van der Waals surface area contributed by atoms with Gasteiger partial charge in [0.1, 0.15) is 0 Å². The highest BCUT2D eigenvalue weighted by Crippen LogP contribution is 2.20. The van der Waals surface area contributed by atoms with Crippen LogP contribution >= 0.6 is 15.9 Å². The van der Waals surface area contributed by atoms with Crippen molar-refractivity contribution in [3.8, 4) is 0 Å². The van der Waals surface area contributed by atoms with Crippen LogP contribution in [0, 0.1) is 0 Å². The molecule has 0 amide bonds. The van der Waals surface area contributed by atoms with Crippen LogP contribution in [0.3, 0.4) is 0 Å². The van der Waals surface area contributed by atoms with E-state index in [0.29, 0.717) is 19.3 Å². The molecule has 0 aliphatic heterocycles. The van der Waals surface area contributed by atoms with E-state index in [0.717, 1.165) is 30.5 Å². The lowest BCUT2D eigenvalue weighted by Gasteiger charge is -2.17. The zero-order chi connectivity index (χ0) is 13.9. The van der Waals surface area contributed by atoms with Crippen LogP contribution in [-0.4, -0.2) is 33.5 Å². The van der Waals surface area contributed by atoms with Crippen LogP contribution in [0.5, 0.6) is 0 Å². The van der Waals surface area contributed by atoms with Crippen LogP contribution in [0.2, 0.25) is 0 Å². The molecule has 0 heterocycles. The Kier molecular flexibility index (Phi) is 9.08. The summed E-state index contributed by atoms with van der Waals surface area (Å²) in [5, 5.41) is 3.57. The van der Waals surface area contributed by atoms with E-state index in [1.54, 1.807) is 7.11 Å². The van der Waals surface area contributed by atoms with Crippen LogP contribution in [0.25, 0.3) is 0 Å². The molecular weight excluding hydrogens is 306 g/mol. The summed E-state index contributed by atoms with van der Waals surface area (Å²) in [5.41, 5.74) is 1.33. The standard InChI is InChI=1S/C15H24BrNO2/c1-3-15(13-6-4-7-14(16)12-13)17-8-5-9-19-11-10-18-2/h4,6-7,12,15,17H,3,5,8-11H2,1-2H3. The average molecular weight is 330 g/mol. The summed E-state index contributed by atoms with van der Waals surface area (Å²) in [6.45, 7) is 5.30. The van der Waals surface area contributed by atoms with Gasteiger partial charge in [0.15, 0.2) is 0 Å². The van der Waals surface area contributed by atoms with Crippen LogP contribution in [0.15, 0.2) is 28.7 Å². The summed E-state index contributed by atoms with van der Waals surface area (Å²) >= 11 is 3.52. The van der Waals surface area contributed by atoms with Crippen molar-refractivity contribution >= 4 is 15.9 Å². The van der Waals surface area contributed by atoms with Gasteiger partial charge in [-0.1, -0.05) is 35.0 Å². The highest BCUT2D eigenvalue weighted by atomic mass is 79.9. The van der Waals surface area contributed by atoms with Crippen molar-refractivity contribution in [2.75, 3.05) is 33.5 Å². The third-order valence-electron chi connectivity index (χ3n) is 2.95. The molecule has 108 valence electrons. The Morgan fingerprint density at radius 1 is 1.26 bits per heavy atom. The zero-order valence-corrected chi connectivity index (χ0v) is 13.4. The predicted octanol–water partition coefficient (Wildman–Crippen LogP) is 3.54. The fourth-order valence-electron chi connectivity index (χ4n) is 1.92. The molecule has 4 heteroatoms. The number of hydrogen-bond acceptors (Lipinski definition) is 3. The lowest BCUT2D eigenvalue weighted by molar-refractivity contribution is 0.0692. The first-order chi connectivity index (χ1) is 9.27. The molecule has 0 aromatic heterocycles. The molecule has 0 aliphatic rings. The molecule has 0 spiro atoms. The topological polar surface area (TPSA) is 30.5 Å². The van der Waals surface area contributed by atoms with E-state index in [-0.39, 0.29) is 0 Å². The Balaban J connectivity index is 2.22. The van der Waals surface area contributed by atoms with E-state index in [9.17, 15) is 0 Å². The summed E-state index contributed by atoms with van der Waals surface area (Å²) in [5.74, 6) is 0. The smallest absolute Gasteiger partial charge is 0.0700 e. The Hall–Kier alpha value is -0.420. The maximum absolute atomic E-state index is 5.44. The second-order valence-electron chi connectivity index (χ2n) is 4.43. The Labute approximate surface area is 124 Å². The number of rotatable bonds is 10. The van der Waals surface area contributed by atoms with Gasteiger partial charge in [-0.3, -0.25) is 0 Å². The van der Waals surface area contributed by atoms with E-state index < -0.39 is 0 Å². The van der Waals surface area contributed by atoms with Crippen molar-refractivity contribution in [2.24, 2.45) is 0 Å². The van der Waals surface area contributed by atoms with Crippen molar-refractivity contribution in [3.63, 3.8) is 0 Å². The maximum atomic E-state index is 5.44. The first-order valence-electron chi connectivity index (χ1n) is 6.83. The number of methoxy groups -OCH3 is 1.